The summed E-state index contributed by atoms with van der Waals surface area (Å²) in [6, 6.07) is 7.90. The molecule has 2 unspecified atom stereocenters. The minimum Gasteiger partial charge on any atom is -0.399 e. The van der Waals surface area contributed by atoms with E-state index in [-0.39, 0.29) is 5.91 Å². The number of nitrogen functional groups attached to an aromatic ring is 1. The zero-order chi connectivity index (χ0) is 11.5. The monoisotopic (exact) mass is 218 g/mol. The molecule has 3 nitrogen and oxygen atoms in total. The third-order valence-corrected chi connectivity index (χ3v) is 3.11. The van der Waals surface area contributed by atoms with Gasteiger partial charge in [-0.05, 0) is 30.0 Å². The average molecular weight is 218 g/mol. The number of rotatable bonds is 4. The van der Waals surface area contributed by atoms with Gasteiger partial charge in [-0.3, -0.25) is 4.79 Å². The van der Waals surface area contributed by atoms with E-state index in [1.165, 1.54) is 0 Å². The predicted molar refractivity (Wildman–Crippen MR) is 64.9 cm³/mol. The van der Waals surface area contributed by atoms with Gasteiger partial charge in [0.05, 0.1) is 6.42 Å². The smallest absolute Gasteiger partial charge is 0.224 e. The number of anilines is 1. The van der Waals surface area contributed by atoms with Crippen molar-refractivity contribution in [1.29, 1.82) is 0 Å². The number of amides is 1. The first-order chi connectivity index (χ1) is 7.69. The topological polar surface area (TPSA) is 55.1 Å². The summed E-state index contributed by atoms with van der Waals surface area (Å²) in [6.07, 6.45) is 2.72. The van der Waals surface area contributed by atoms with Crippen molar-refractivity contribution >= 4 is 11.6 Å². The standard InChI is InChI=1S/C13H18N2O/c1-2-10-8-12(10)15-13(16)7-9-4-3-5-11(14)6-9/h3-6,10,12H,2,7-8,14H2,1H3,(H,15,16). The van der Waals surface area contributed by atoms with E-state index in [4.69, 9.17) is 5.73 Å². The molecule has 1 aliphatic rings. The summed E-state index contributed by atoms with van der Waals surface area (Å²) >= 11 is 0. The van der Waals surface area contributed by atoms with Crippen LogP contribution in [0.2, 0.25) is 0 Å². The van der Waals surface area contributed by atoms with Crippen LogP contribution in [0.15, 0.2) is 24.3 Å². The molecule has 86 valence electrons. The molecule has 16 heavy (non-hydrogen) atoms. The van der Waals surface area contributed by atoms with Crippen molar-refractivity contribution in [3.8, 4) is 0 Å². The summed E-state index contributed by atoms with van der Waals surface area (Å²) in [5, 5.41) is 3.04. The number of nitrogens with one attached hydrogen (secondary N) is 1. The largest absolute Gasteiger partial charge is 0.399 e. The van der Waals surface area contributed by atoms with E-state index in [0.29, 0.717) is 24.1 Å². The Morgan fingerprint density at radius 2 is 2.38 bits per heavy atom. The lowest BCUT2D eigenvalue weighted by Crippen LogP contribution is -2.28. The van der Waals surface area contributed by atoms with E-state index in [0.717, 1.165) is 18.4 Å². The Morgan fingerprint density at radius 3 is 3.00 bits per heavy atom. The summed E-state index contributed by atoms with van der Waals surface area (Å²) < 4.78 is 0. The molecular formula is C13H18N2O. The maximum Gasteiger partial charge on any atom is 0.224 e. The fraction of sp³-hybridized carbons (Fsp3) is 0.462. The summed E-state index contributed by atoms with van der Waals surface area (Å²) in [7, 11) is 0. The van der Waals surface area contributed by atoms with Gasteiger partial charge in [0.2, 0.25) is 5.91 Å². The van der Waals surface area contributed by atoms with Gasteiger partial charge in [0, 0.05) is 11.7 Å². The molecule has 0 aromatic heterocycles. The fourth-order valence-corrected chi connectivity index (χ4v) is 2.02. The molecule has 0 saturated heterocycles. The highest BCUT2D eigenvalue weighted by Gasteiger charge is 2.36. The Kier molecular flexibility index (Phi) is 3.13. The first-order valence-corrected chi connectivity index (χ1v) is 5.83. The Hall–Kier alpha value is -1.51. The summed E-state index contributed by atoms with van der Waals surface area (Å²) in [6.45, 7) is 2.16. The molecule has 1 aromatic carbocycles. The van der Waals surface area contributed by atoms with E-state index in [2.05, 4.69) is 12.2 Å². The van der Waals surface area contributed by atoms with Gasteiger partial charge in [0.15, 0.2) is 0 Å². The van der Waals surface area contributed by atoms with Crippen LogP contribution in [0, 0.1) is 5.92 Å². The minimum atomic E-state index is 0.103. The maximum absolute atomic E-state index is 11.7. The summed E-state index contributed by atoms with van der Waals surface area (Å²) in [5.41, 5.74) is 7.35. The molecule has 1 aliphatic carbocycles. The van der Waals surface area contributed by atoms with Crippen molar-refractivity contribution in [2.75, 3.05) is 5.73 Å². The normalized spacial score (nSPS) is 22.8. The van der Waals surface area contributed by atoms with Crippen LogP contribution >= 0.6 is 0 Å². The average Bonchev–Trinajstić information content (AvgIpc) is 2.96. The SMILES string of the molecule is CCC1CC1NC(=O)Cc1cccc(N)c1. The van der Waals surface area contributed by atoms with Gasteiger partial charge >= 0.3 is 0 Å². The van der Waals surface area contributed by atoms with E-state index >= 15 is 0 Å². The first-order valence-electron chi connectivity index (χ1n) is 5.83. The van der Waals surface area contributed by atoms with Crippen molar-refractivity contribution in [2.45, 2.75) is 32.2 Å². The number of nitrogens with two attached hydrogens (primary N) is 1. The van der Waals surface area contributed by atoms with Crippen LogP contribution in [0.1, 0.15) is 25.3 Å². The highest BCUT2D eigenvalue weighted by atomic mass is 16.1. The highest BCUT2D eigenvalue weighted by Crippen LogP contribution is 2.33. The van der Waals surface area contributed by atoms with Crippen molar-refractivity contribution in [3.63, 3.8) is 0 Å². The Morgan fingerprint density at radius 1 is 1.56 bits per heavy atom. The second-order valence-electron chi connectivity index (χ2n) is 4.50. The molecule has 1 aromatic rings. The Labute approximate surface area is 96.0 Å². The third-order valence-electron chi connectivity index (χ3n) is 3.11. The van der Waals surface area contributed by atoms with Crippen LogP contribution in [0.4, 0.5) is 5.69 Å². The Balaban J connectivity index is 1.83. The van der Waals surface area contributed by atoms with Crippen LogP contribution in [0.25, 0.3) is 0 Å². The summed E-state index contributed by atoms with van der Waals surface area (Å²) in [5.74, 6) is 0.802. The summed E-state index contributed by atoms with van der Waals surface area (Å²) in [4.78, 5) is 11.7. The molecule has 0 radical (unpaired) electrons. The highest BCUT2D eigenvalue weighted by molar-refractivity contribution is 5.79. The molecule has 0 bridgehead atoms. The van der Waals surface area contributed by atoms with Crippen molar-refractivity contribution in [3.05, 3.63) is 29.8 Å². The molecule has 1 amide bonds. The van der Waals surface area contributed by atoms with Crippen LogP contribution in [-0.2, 0) is 11.2 Å². The third kappa shape index (κ3) is 2.75. The molecule has 3 heteroatoms. The van der Waals surface area contributed by atoms with Gasteiger partial charge in [-0.2, -0.15) is 0 Å². The molecule has 0 heterocycles. The minimum absolute atomic E-state index is 0.103. The molecule has 2 atom stereocenters. The Bertz CT molecular complexity index is 389. The maximum atomic E-state index is 11.7. The lowest BCUT2D eigenvalue weighted by Gasteiger charge is -2.04. The molecular weight excluding hydrogens is 200 g/mol. The predicted octanol–water partition coefficient (Wildman–Crippen LogP) is 1.73. The van der Waals surface area contributed by atoms with Gasteiger partial charge < -0.3 is 11.1 Å². The number of hydrogen-bond donors (Lipinski definition) is 2. The quantitative estimate of drug-likeness (QED) is 0.756. The van der Waals surface area contributed by atoms with E-state index in [1.807, 2.05) is 24.3 Å². The molecule has 0 aliphatic heterocycles. The van der Waals surface area contributed by atoms with Crippen LogP contribution in [0.5, 0.6) is 0 Å². The second kappa shape index (κ2) is 4.56. The zero-order valence-corrected chi connectivity index (χ0v) is 9.57. The van der Waals surface area contributed by atoms with E-state index < -0.39 is 0 Å². The van der Waals surface area contributed by atoms with Gasteiger partial charge in [0.25, 0.3) is 0 Å². The van der Waals surface area contributed by atoms with Crippen molar-refractivity contribution in [1.82, 2.24) is 5.32 Å². The van der Waals surface area contributed by atoms with Gasteiger partial charge in [-0.15, -0.1) is 0 Å². The van der Waals surface area contributed by atoms with Crippen molar-refractivity contribution in [2.24, 2.45) is 5.92 Å². The van der Waals surface area contributed by atoms with Gasteiger partial charge in [0.1, 0.15) is 0 Å². The van der Waals surface area contributed by atoms with E-state index in [1.54, 1.807) is 0 Å². The molecule has 1 fully saturated rings. The van der Waals surface area contributed by atoms with Gasteiger partial charge in [-0.1, -0.05) is 25.5 Å². The lowest BCUT2D eigenvalue weighted by molar-refractivity contribution is -0.120. The molecule has 3 N–H and O–H groups in total. The number of carbonyl (C=O) groups excluding carboxylic acids is 1. The molecule has 0 spiro atoms. The van der Waals surface area contributed by atoms with Crippen LogP contribution in [-0.4, -0.2) is 11.9 Å². The number of hydrogen-bond acceptors (Lipinski definition) is 2. The van der Waals surface area contributed by atoms with Gasteiger partial charge in [-0.25, -0.2) is 0 Å². The lowest BCUT2D eigenvalue weighted by atomic mass is 10.1. The first kappa shape index (κ1) is 11.0. The van der Waals surface area contributed by atoms with Crippen LogP contribution < -0.4 is 11.1 Å². The number of benzene rings is 1. The molecule has 2 rings (SSSR count). The van der Waals surface area contributed by atoms with Crippen LogP contribution in [0.3, 0.4) is 0 Å². The fourth-order valence-electron chi connectivity index (χ4n) is 2.02. The van der Waals surface area contributed by atoms with Crippen molar-refractivity contribution < 1.29 is 4.79 Å². The second-order valence-corrected chi connectivity index (χ2v) is 4.50. The zero-order valence-electron chi connectivity index (χ0n) is 9.57. The van der Waals surface area contributed by atoms with E-state index in [9.17, 15) is 4.79 Å². The number of carbonyl (C=O) groups is 1. The molecule has 1 saturated carbocycles.